The molecular formula is C24H27FN4O. The molecule has 0 radical (unpaired) electrons. The van der Waals surface area contributed by atoms with E-state index < -0.39 is 0 Å². The molecule has 1 aliphatic rings. The fourth-order valence-corrected chi connectivity index (χ4v) is 3.90. The molecule has 0 spiro atoms. The summed E-state index contributed by atoms with van der Waals surface area (Å²) in [5.41, 5.74) is 2.98. The van der Waals surface area contributed by atoms with Crippen LogP contribution in [0.5, 0.6) is 0 Å². The highest BCUT2D eigenvalue weighted by Crippen LogP contribution is 2.26. The van der Waals surface area contributed by atoms with Gasteiger partial charge in [0, 0.05) is 42.3 Å². The van der Waals surface area contributed by atoms with Crippen LogP contribution in [0.2, 0.25) is 0 Å². The van der Waals surface area contributed by atoms with Crippen molar-refractivity contribution in [1.82, 2.24) is 10.3 Å². The Hall–Kier alpha value is -3.15. The maximum absolute atomic E-state index is 14.6. The number of nitrogens with one attached hydrogen (secondary N) is 2. The van der Waals surface area contributed by atoms with E-state index in [0.717, 1.165) is 53.6 Å². The second kappa shape index (κ2) is 8.69. The van der Waals surface area contributed by atoms with Gasteiger partial charge in [0.25, 0.3) is 0 Å². The van der Waals surface area contributed by atoms with Crippen LogP contribution >= 0.6 is 0 Å². The molecule has 0 aliphatic carbocycles. The smallest absolute Gasteiger partial charge is 0.319 e. The number of carbonyl (C=O) groups excluding carboxylic acids is 1. The van der Waals surface area contributed by atoms with Gasteiger partial charge < -0.3 is 15.5 Å². The van der Waals surface area contributed by atoms with E-state index in [1.165, 1.54) is 6.07 Å². The number of hydrogen-bond donors (Lipinski definition) is 2. The number of halogens is 1. The molecule has 0 atom stereocenters. The SMILES string of the molecule is Cc1cc2c(NC(=O)NCc3ccc(N4CCC(C)CC4)c(F)c3)cccc2cn1. The second-order valence-electron chi connectivity index (χ2n) is 8.12. The minimum Gasteiger partial charge on any atom is -0.369 e. The minimum atomic E-state index is -0.327. The molecule has 1 saturated heterocycles. The predicted octanol–water partition coefficient (Wildman–Crippen LogP) is 5.24. The Morgan fingerprint density at radius 2 is 2.00 bits per heavy atom. The molecule has 0 unspecified atom stereocenters. The van der Waals surface area contributed by atoms with Crippen LogP contribution in [0.3, 0.4) is 0 Å². The van der Waals surface area contributed by atoms with Crippen LogP contribution in [0, 0.1) is 18.7 Å². The number of pyridine rings is 1. The molecule has 4 rings (SSSR count). The highest BCUT2D eigenvalue weighted by Gasteiger charge is 2.18. The van der Waals surface area contributed by atoms with E-state index in [4.69, 9.17) is 0 Å². The van der Waals surface area contributed by atoms with Crippen LogP contribution in [-0.2, 0) is 6.54 Å². The standard InChI is InChI=1S/C24H27FN4O/c1-16-8-10-29(11-9-16)23-7-6-18(13-21(23)25)14-27-24(30)28-22-5-3-4-19-15-26-17(2)12-20(19)22/h3-7,12-13,15-16H,8-11,14H2,1-2H3,(H2,27,28,30). The van der Waals surface area contributed by atoms with Gasteiger partial charge in [-0.05, 0) is 55.5 Å². The van der Waals surface area contributed by atoms with Gasteiger partial charge >= 0.3 is 6.03 Å². The number of carbonyl (C=O) groups is 1. The molecule has 156 valence electrons. The first-order valence-electron chi connectivity index (χ1n) is 10.4. The summed E-state index contributed by atoms with van der Waals surface area (Å²) in [5, 5.41) is 7.59. The number of hydrogen-bond acceptors (Lipinski definition) is 3. The van der Waals surface area contributed by atoms with Gasteiger partial charge in [-0.2, -0.15) is 0 Å². The molecule has 2 aromatic carbocycles. The Bertz CT molecular complexity index is 1060. The fourth-order valence-electron chi connectivity index (χ4n) is 3.90. The third-order valence-electron chi connectivity index (χ3n) is 5.74. The summed E-state index contributed by atoms with van der Waals surface area (Å²) >= 11 is 0. The van der Waals surface area contributed by atoms with Crippen molar-refractivity contribution in [3.05, 3.63) is 65.7 Å². The molecule has 3 aromatic rings. The van der Waals surface area contributed by atoms with Crippen LogP contribution in [0.25, 0.3) is 10.8 Å². The van der Waals surface area contributed by atoms with Gasteiger partial charge in [0.05, 0.1) is 11.4 Å². The van der Waals surface area contributed by atoms with Gasteiger partial charge in [-0.15, -0.1) is 0 Å². The first-order valence-corrected chi connectivity index (χ1v) is 10.4. The summed E-state index contributed by atoms with van der Waals surface area (Å²) in [6.45, 7) is 6.18. The lowest BCUT2D eigenvalue weighted by atomic mass is 9.98. The summed E-state index contributed by atoms with van der Waals surface area (Å²) in [7, 11) is 0. The lowest BCUT2D eigenvalue weighted by Crippen LogP contribution is -2.33. The van der Waals surface area contributed by atoms with Crippen molar-refractivity contribution in [2.24, 2.45) is 5.92 Å². The second-order valence-corrected chi connectivity index (χ2v) is 8.12. The number of anilines is 2. The largest absolute Gasteiger partial charge is 0.369 e. The van der Waals surface area contributed by atoms with Crippen molar-refractivity contribution >= 4 is 28.2 Å². The van der Waals surface area contributed by atoms with Gasteiger partial charge in [-0.1, -0.05) is 25.1 Å². The van der Waals surface area contributed by atoms with Crippen molar-refractivity contribution in [2.45, 2.75) is 33.2 Å². The summed E-state index contributed by atoms with van der Waals surface area (Å²) in [6.07, 6.45) is 3.97. The van der Waals surface area contributed by atoms with Gasteiger partial charge in [-0.25, -0.2) is 9.18 Å². The number of aryl methyl sites for hydroxylation is 1. The van der Waals surface area contributed by atoms with Crippen LogP contribution in [0.15, 0.2) is 48.7 Å². The number of fused-ring (bicyclic) bond motifs is 1. The van der Waals surface area contributed by atoms with Gasteiger partial charge in [-0.3, -0.25) is 4.98 Å². The predicted molar refractivity (Wildman–Crippen MR) is 119 cm³/mol. The molecule has 0 saturated carbocycles. The molecular weight excluding hydrogens is 379 g/mol. The van der Waals surface area contributed by atoms with E-state index in [2.05, 4.69) is 27.4 Å². The van der Waals surface area contributed by atoms with E-state index in [-0.39, 0.29) is 18.4 Å². The Kier molecular flexibility index (Phi) is 5.84. The Morgan fingerprint density at radius 1 is 1.20 bits per heavy atom. The molecule has 1 fully saturated rings. The van der Waals surface area contributed by atoms with E-state index in [0.29, 0.717) is 11.6 Å². The quantitative estimate of drug-likeness (QED) is 0.623. The zero-order chi connectivity index (χ0) is 21.1. The maximum atomic E-state index is 14.6. The number of benzene rings is 2. The Morgan fingerprint density at radius 3 is 2.77 bits per heavy atom. The summed E-state index contributed by atoms with van der Waals surface area (Å²) in [5.74, 6) is 0.467. The Balaban J connectivity index is 1.38. The zero-order valence-electron chi connectivity index (χ0n) is 17.4. The number of nitrogens with zero attached hydrogens (tertiary/aromatic N) is 2. The van der Waals surface area contributed by atoms with Crippen LogP contribution in [0.4, 0.5) is 20.6 Å². The number of piperidine rings is 1. The van der Waals surface area contributed by atoms with Crippen LogP contribution in [0.1, 0.15) is 31.0 Å². The van der Waals surface area contributed by atoms with Crippen molar-refractivity contribution in [1.29, 1.82) is 0 Å². The molecule has 1 aromatic heterocycles. The molecule has 6 heteroatoms. The average molecular weight is 407 g/mol. The molecule has 0 bridgehead atoms. The highest BCUT2D eigenvalue weighted by molar-refractivity contribution is 6.01. The normalized spacial score (nSPS) is 14.7. The number of amides is 2. The molecule has 30 heavy (non-hydrogen) atoms. The first-order chi connectivity index (χ1) is 14.5. The summed E-state index contributed by atoms with van der Waals surface area (Å²) in [4.78, 5) is 18.8. The van der Waals surface area contributed by atoms with E-state index in [1.807, 2.05) is 43.3 Å². The van der Waals surface area contributed by atoms with E-state index >= 15 is 0 Å². The first kappa shape index (κ1) is 20.1. The number of rotatable bonds is 4. The molecule has 2 amide bonds. The maximum Gasteiger partial charge on any atom is 0.319 e. The third-order valence-corrected chi connectivity index (χ3v) is 5.74. The molecule has 1 aliphatic heterocycles. The monoisotopic (exact) mass is 406 g/mol. The molecule has 5 nitrogen and oxygen atoms in total. The average Bonchev–Trinajstić information content (AvgIpc) is 2.74. The highest BCUT2D eigenvalue weighted by atomic mass is 19.1. The van der Waals surface area contributed by atoms with Crippen LogP contribution in [-0.4, -0.2) is 24.1 Å². The van der Waals surface area contributed by atoms with E-state index in [1.54, 1.807) is 6.20 Å². The van der Waals surface area contributed by atoms with Gasteiger partial charge in [0.15, 0.2) is 0 Å². The Labute approximate surface area is 176 Å². The summed E-state index contributed by atoms with van der Waals surface area (Å²) in [6, 6.07) is 12.5. The molecule has 2 N–H and O–H groups in total. The van der Waals surface area contributed by atoms with Crippen molar-refractivity contribution in [3.8, 4) is 0 Å². The third kappa shape index (κ3) is 4.53. The van der Waals surface area contributed by atoms with E-state index in [9.17, 15) is 9.18 Å². The van der Waals surface area contributed by atoms with Crippen LogP contribution < -0.4 is 15.5 Å². The van der Waals surface area contributed by atoms with Gasteiger partial charge in [0.2, 0.25) is 0 Å². The number of aromatic nitrogens is 1. The molecule has 2 heterocycles. The lowest BCUT2D eigenvalue weighted by Gasteiger charge is -2.32. The van der Waals surface area contributed by atoms with Gasteiger partial charge in [0.1, 0.15) is 5.82 Å². The minimum absolute atomic E-state index is 0.235. The zero-order valence-corrected chi connectivity index (χ0v) is 17.4. The van der Waals surface area contributed by atoms with Crippen molar-refractivity contribution < 1.29 is 9.18 Å². The van der Waals surface area contributed by atoms with Crippen molar-refractivity contribution in [2.75, 3.05) is 23.3 Å². The van der Waals surface area contributed by atoms with Crippen molar-refractivity contribution in [3.63, 3.8) is 0 Å². The topological polar surface area (TPSA) is 57.3 Å². The number of urea groups is 1. The lowest BCUT2D eigenvalue weighted by molar-refractivity contribution is 0.251. The summed E-state index contributed by atoms with van der Waals surface area (Å²) < 4.78 is 14.6. The fraction of sp³-hybridized carbons (Fsp3) is 0.333.